The van der Waals surface area contributed by atoms with E-state index in [1.807, 2.05) is 4.90 Å². The zero-order valence-electron chi connectivity index (χ0n) is 14.1. The van der Waals surface area contributed by atoms with Gasteiger partial charge in [0.25, 0.3) is 5.91 Å². The molecule has 0 spiro atoms. The molecule has 0 aromatic carbocycles. The molecule has 1 fully saturated rings. The van der Waals surface area contributed by atoms with E-state index >= 15 is 0 Å². The smallest absolute Gasteiger partial charge is 0.259 e. The zero-order valence-corrected chi connectivity index (χ0v) is 14.1. The van der Waals surface area contributed by atoms with Crippen LogP contribution < -0.4 is 4.90 Å². The van der Waals surface area contributed by atoms with Crippen LogP contribution in [0.2, 0.25) is 0 Å². The van der Waals surface area contributed by atoms with Gasteiger partial charge in [-0.3, -0.25) is 9.78 Å². The Hall–Kier alpha value is -2.48. The van der Waals surface area contributed by atoms with Gasteiger partial charge < -0.3 is 19.4 Å². The number of hydrogen-bond acceptors (Lipinski definition) is 7. The molecular formula is C16H21N5O3. The van der Waals surface area contributed by atoms with E-state index in [1.165, 1.54) is 4.90 Å². The van der Waals surface area contributed by atoms with Crippen molar-refractivity contribution in [3.8, 4) is 0 Å². The van der Waals surface area contributed by atoms with Crippen LogP contribution in [-0.2, 0) is 0 Å². The van der Waals surface area contributed by atoms with Gasteiger partial charge in [0.15, 0.2) is 0 Å². The number of carbonyl (C=O) groups is 1. The summed E-state index contributed by atoms with van der Waals surface area (Å²) in [5.41, 5.74) is 0.0368. The van der Waals surface area contributed by atoms with Gasteiger partial charge in [-0.25, -0.2) is 4.98 Å². The first-order chi connectivity index (χ1) is 11.4. The number of aliphatic hydroxyl groups is 1. The third-order valence-corrected chi connectivity index (χ3v) is 4.33. The maximum Gasteiger partial charge on any atom is 0.259 e. The van der Waals surface area contributed by atoms with E-state index in [1.54, 1.807) is 39.5 Å². The molecular weight excluding hydrogens is 310 g/mol. The lowest BCUT2D eigenvalue weighted by atomic mass is 10.0. The molecule has 3 rings (SSSR count). The van der Waals surface area contributed by atoms with Crippen LogP contribution in [0.15, 0.2) is 23.1 Å². The summed E-state index contributed by atoms with van der Waals surface area (Å²) in [6.45, 7) is 4.75. The average molecular weight is 331 g/mol. The third kappa shape index (κ3) is 3.09. The predicted molar refractivity (Wildman–Crippen MR) is 86.7 cm³/mol. The largest absolute Gasteiger partial charge is 0.386 e. The van der Waals surface area contributed by atoms with Crippen LogP contribution in [0.1, 0.15) is 28.2 Å². The highest BCUT2D eigenvalue weighted by Gasteiger charge is 2.39. The van der Waals surface area contributed by atoms with Gasteiger partial charge in [0, 0.05) is 32.5 Å². The SMILES string of the molecule is Cc1noc(C)c1C(=O)N(C)C[C@@]1(O)CCN(c2cnccn2)C1. The van der Waals surface area contributed by atoms with Crippen LogP contribution >= 0.6 is 0 Å². The lowest BCUT2D eigenvalue weighted by Crippen LogP contribution is -2.46. The van der Waals surface area contributed by atoms with Crippen LogP contribution in [0.5, 0.6) is 0 Å². The fourth-order valence-electron chi connectivity index (χ4n) is 3.13. The molecule has 0 bridgehead atoms. The maximum atomic E-state index is 12.6. The van der Waals surface area contributed by atoms with Crippen LogP contribution in [-0.4, -0.2) is 63.3 Å². The van der Waals surface area contributed by atoms with E-state index < -0.39 is 5.60 Å². The number of aromatic nitrogens is 3. The van der Waals surface area contributed by atoms with E-state index in [2.05, 4.69) is 15.1 Å². The van der Waals surface area contributed by atoms with Gasteiger partial charge in [0.2, 0.25) is 0 Å². The van der Waals surface area contributed by atoms with Crippen molar-refractivity contribution < 1.29 is 14.4 Å². The molecule has 1 aliphatic heterocycles. The van der Waals surface area contributed by atoms with Gasteiger partial charge in [-0.05, 0) is 20.3 Å². The monoisotopic (exact) mass is 331 g/mol. The van der Waals surface area contributed by atoms with Crippen molar-refractivity contribution >= 4 is 11.7 Å². The van der Waals surface area contributed by atoms with E-state index in [-0.39, 0.29) is 12.5 Å². The minimum atomic E-state index is -0.985. The number of rotatable bonds is 4. The Labute approximate surface area is 140 Å². The Morgan fingerprint density at radius 3 is 2.88 bits per heavy atom. The number of likely N-dealkylation sites (N-methyl/N-ethyl adjacent to an activating group) is 1. The molecule has 0 saturated carbocycles. The number of hydrogen-bond donors (Lipinski definition) is 1. The summed E-state index contributed by atoms with van der Waals surface area (Å²) in [5, 5.41) is 14.7. The lowest BCUT2D eigenvalue weighted by molar-refractivity contribution is 0.0263. The summed E-state index contributed by atoms with van der Waals surface area (Å²) in [6, 6.07) is 0. The fourth-order valence-corrected chi connectivity index (χ4v) is 3.13. The summed E-state index contributed by atoms with van der Waals surface area (Å²) < 4.78 is 5.05. The van der Waals surface area contributed by atoms with Crippen LogP contribution in [0, 0.1) is 13.8 Å². The Bertz CT molecular complexity index is 713. The van der Waals surface area contributed by atoms with Crippen molar-refractivity contribution in [1.29, 1.82) is 0 Å². The molecule has 1 amide bonds. The average Bonchev–Trinajstić information content (AvgIpc) is 3.10. The third-order valence-electron chi connectivity index (χ3n) is 4.33. The summed E-state index contributed by atoms with van der Waals surface area (Å²) >= 11 is 0. The zero-order chi connectivity index (χ0) is 17.3. The molecule has 128 valence electrons. The Morgan fingerprint density at radius 2 is 2.25 bits per heavy atom. The standard InChI is InChI=1S/C16H21N5O3/c1-11-14(12(2)24-19-11)15(22)20(3)9-16(23)4-7-21(10-16)13-8-17-5-6-18-13/h5-6,8,23H,4,7,9-10H2,1-3H3/t16-/m0/s1. The van der Waals surface area contributed by atoms with Gasteiger partial charge in [-0.15, -0.1) is 0 Å². The van der Waals surface area contributed by atoms with E-state index in [4.69, 9.17) is 4.52 Å². The van der Waals surface area contributed by atoms with Crippen LogP contribution in [0.4, 0.5) is 5.82 Å². The molecule has 3 heterocycles. The normalized spacial score (nSPS) is 20.4. The summed E-state index contributed by atoms with van der Waals surface area (Å²) in [7, 11) is 1.68. The first-order valence-electron chi connectivity index (χ1n) is 7.81. The Balaban J connectivity index is 1.68. The minimum Gasteiger partial charge on any atom is -0.386 e. The maximum absolute atomic E-state index is 12.6. The Kier molecular flexibility index (Phi) is 4.23. The number of aryl methyl sites for hydroxylation is 2. The number of anilines is 1. The predicted octanol–water partition coefficient (Wildman–Crippen LogP) is 0.795. The van der Waals surface area contributed by atoms with Gasteiger partial charge in [-0.1, -0.05) is 5.16 Å². The number of nitrogens with zero attached hydrogens (tertiary/aromatic N) is 5. The van der Waals surface area contributed by atoms with E-state index in [0.717, 1.165) is 5.82 Å². The summed E-state index contributed by atoms with van der Waals surface area (Å²) in [4.78, 5) is 24.4. The molecule has 0 unspecified atom stereocenters. The van der Waals surface area contributed by atoms with Crippen LogP contribution in [0.3, 0.4) is 0 Å². The molecule has 2 aromatic rings. The molecule has 0 radical (unpaired) electrons. The van der Waals surface area contributed by atoms with Crippen molar-refractivity contribution in [3.05, 3.63) is 35.6 Å². The topological polar surface area (TPSA) is 95.6 Å². The molecule has 8 heteroatoms. The van der Waals surface area contributed by atoms with Gasteiger partial charge in [-0.2, -0.15) is 0 Å². The lowest BCUT2D eigenvalue weighted by Gasteiger charge is -2.29. The second-order valence-corrected chi connectivity index (χ2v) is 6.32. The molecule has 1 N–H and O–H groups in total. The van der Waals surface area contributed by atoms with Crippen molar-refractivity contribution in [2.24, 2.45) is 0 Å². The number of amides is 1. The number of β-amino-alcohol motifs (C(OH)–C–C–N with tert-alkyl or cyclic N) is 1. The van der Waals surface area contributed by atoms with E-state index in [0.29, 0.717) is 36.5 Å². The van der Waals surface area contributed by atoms with Crippen LogP contribution in [0.25, 0.3) is 0 Å². The van der Waals surface area contributed by atoms with Gasteiger partial charge in [0.1, 0.15) is 22.7 Å². The quantitative estimate of drug-likeness (QED) is 0.885. The first kappa shape index (κ1) is 16.4. The second kappa shape index (κ2) is 6.20. The first-order valence-corrected chi connectivity index (χ1v) is 7.81. The van der Waals surface area contributed by atoms with Crippen molar-refractivity contribution in [3.63, 3.8) is 0 Å². The highest BCUT2D eigenvalue weighted by molar-refractivity contribution is 5.96. The fraction of sp³-hybridized carbons (Fsp3) is 0.500. The highest BCUT2D eigenvalue weighted by atomic mass is 16.5. The second-order valence-electron chi connectivity index (χ2n) is 6.32. The minimum absolute atomic E-state index is 0.197. The number of carbonyl (C=O) groups excluding carboxylic acids is 1. The molecule has 8 nitrogen and oxygen atoms in total. The Morgan fingerprint density at radius 1 is 1.46 bits per heavy atom. The molecule has 24 heavy (non-hydrogen) atoms. The van der Waals surface area contributed by atoms with Crippen molar-refractivity contribution in [2.45, 2.75) is 25.9 Å². The van der Waals surface area contributed by atoms with E-state index in [9.17, 15) is 9.90 Å². The van der Waals surface area contributed by atoms with Gasteiger partial charge in [0.05, 0.1) is 18.4 Å². The summed E-state index contributed by atoms with van der Waals surface area (Å²) in [5.74, 6) is 1.02. The molecule has 1 saturated heterocycles. The molecule has 2 aromatic heterocycles. The molecule has 1 atom stereocenters. The van der Waals surface area contributed by atoms with Crippen molar-refractivity contribution in [2.75, 3.05) is 31.6 Å². The van der Waals surface area contributed by atoms with Crippen molar-refractivity contribution in [1.82, 2.24) is 20.0 Å². The molecule has 1 aliphatic rings. The molecule has 0 aliphatic carbocycles. The van der Waals surface area contributed by atoms with Gasteiger partial charge >= 0.3 is 0 Å². The summed E-state index contributed by atoms with van der Waals surface area (Å²) in [6.07, 6.45) is 5.47. The highest BCUT2D eigenvalue weighted by Crippen LogP contribution is 2.26.